The predicted octanol–water partition coefficient (Wildman–Crippen LogP) is 2.65. The summed E-state index contributed by atoms with van der Waals surface area (Å²) in [6, 6.07) is 2.16. The van der Waals surface area contributed by atoms with Crippen molar-refractivity contribution in [1.82, 2.24) is 14.8 Å². The molecule has 1 saturated heterocycles. The number of amides is 1. The normalized spacial score (nSPS) is 24.4. The molecule has 1 N–H and O–H groups in total. The van der Waals surface area contributed by atoms with E-state index >= 15 is 0 Å². The van der Waals surface area contributed by atoms with Crippen molar-refractivity contribution < 1.29 is 9.53 Å². The number of morpholine rings is 1. The molecule has 2 aliphatic rings. The fourth-order valence-corrected chi connectivity index (χ4v) is 3.88. The number of aryl methyl sites for hydroxylation is 2. The Morgan fingerprint density at radius 3 is 2.88 bits per heavy atom. The molecule has 0 spiro atoms. The van der Waals surface area contributed by atoms with Crippen LogP contribution in [-0.4, -0.2) is 60.1 Å². The van der Waals surface area contributed by atoms with E-state index in [0.717, 1.165) is 50.3 Å². The average molecular weight is 345 g/mol. The molecule has 5 nitrogen and oxygen atoms in total. The van der Waals surface area contributed by atoms with Gasteiger partial charge in [0.1, 0.15) is 0 Å². The molecule has 3 rings (SSSR count). The topological polar surface area (TPSA) is 48.6 Å². The van der Waals surface area contributed by atoms with Crippen LogP contribution in [-0.2, 0) is 16.1 Å². The molecule has 0 bridgehead atoms. The molecule has 138 valence electrons. The summed E-state index contributed by atoms with van der Waals surface area (Å²) < 4.78 is 5.93. The number of carbonyl (C=O) groups excluding carboxylic acids is 1. The summed E-state index contributed by atoms with van der Waals surface area (Å²) in [5, 5.41) is 0. The van der Waals surface area contributed by atoms with Crippen LogP contribution in [0.2, 0.25) is 0 Å². The Morgan fingerprint density at radius 2 is 2.24 bits per heavy atom. The van der Waals surface area contributed by atoms with E-state index in [9.17, 15) is 4.79 Å². The zero-order valence-electron chi connectivity index (χ0n) is 15.8. The highest BCUT2D eigenvalue weighted by molar-refractivity contribution is 5.79. The Hall–Kier alpha value is -1.59. The van der Waals surface area contributed by atoms with Gasteiger partial charge in [-0.05, 0) is 51.8 Å². The van der Waals surface area contributed by atoms with Gasteiger partial charge < -0.3 is 19.5 Å². The first-order valence-electron chi connectivity index (χ1n) is 9.42. The Bertz CT molecular complexity index is 622. The molecule has 1 aliphatic carbocycles. The number of hydrogen-bond acceptors (Lipinski definition) is 3. The van der Waals surface area contributed by atoms with Gasteiger partial charge in [0.25, 0.3) is 0 Å². The zero-order valence-corrected chi connectivity index (χ0v) is 15.8. The summed E-state index contributed by atoms with van der Waals surface area (Å²) >= 11 is 0. The lowest BCUT2D eigenvalue weighted by Crippen LogP contribution is -2.48. The van der Waals surface area contributed by atoms with Crippen molar-refractivity contribution in [1.29, 1.82) is 0 Å². The quantitative estimate of drug-likeness (QED) is 0.835. The molecule has 5 heteroatoms. The molecular formula is C20H31N3O2. The minimum Gasteiger partial charge on any atom is -0.374 e. The lowest BCUT2D eigenvalue weighted by Gasteiger charge is -2.35. The van der Waals surface area contributed by atoms with Crippen LogP contribution in [0.1, 0.15) is 36.2 Å². The Morgan fingerprint density at radius 1 is 1.40 bits per heavy atom. The second-order valence-corrected chi connectivity index (χ2v) is 7.56. The average Bonchev–Trinajstić information content (AvgIpc) is 2.92. The van der Waals surface area contributed by atoms with Crippen molar-refractivity contribution >= 4 is 5.91 Å². The van der Waals surface area contributed by atoms with Crippen LogP contribution < -0.4 is 0 Å². The van der Waals surface area contributed by atoms with Crippen molar-refractivity contribution in [2.24, 2.45) is 5.92 Å². The maximum Gasteiger partial charge on any atom is 0.226 e. The van der Waals surface area contributed by atoms with Gasteiger partial charge in [-0.25, -0.2) is 0 Å². The van der Waals surface area contributed by atoms with Crippen LogP contribution >= 0.6 is 0 Å². The van der Waals surface area contributed by atoms with E-state index in [-0.39, 0.29) is 17.9 Å². The molecule has 0 aromatic carbocycles. The third kappa shape index (κ3) is 4.73. The minimum atomic E-state index is 0.0992. The third-order valence-electron chi connectivity index (χ3n) is 5.31. The summed E-state index contributed by atoms with van der Waals surface area (Å²) in [6.45, 7) is 8.09. The number of aromatic amines is 1. The van der Waals surface area contributed by atoms with Gasteiger partial charge in [0.2, 0.25) is 5.91 Å². The number of H-pyrrole nitrogens is 1. The number of carbonyl (C=O) groups is 1. The molecule has 1 aromatic rings. The summed E-state index contributed by atoms with van der Waals surface area (Å²) in [5.41, 5.74) is 3.51. The molecule has 2 heterocycles. The molecular weight excluding hydrogens is 314 g/mol. The van der Waals surface area contributed by atoms with E-state index in [1.807, 2.05) is 4.90 Å². The largest absolute Gasteiger partial charge is 0.374 e. The summed E-state index contributed by atoms with van der Waals surface area (Å²) in [5.74, 6) is 0.395. The van der Waals surface area contributed by atoms with Crippen molar-refractivity contribution in [3.8, 4) is 0 Å². The third-order valence-corrected chi connectivity index (χ3v) is 5.31. The van der Waals surface area contributed by atoms with E-state index in [1.54, 1.807) is 0 Å². The number of hydrogen-bond donors (Lipinski definition) is 1. The molecule has 1 amide bonds. The van der Waals surface area contributed by atoms with E-state index in [4.69, 9.17) is 4.74 Å². The van der Waals surface area contributed by atoms with E-state index in [1.165, 1.54) is 5.56 Å². The van der Waals surface area contributed by atoms with Crippen molar-refractivity contribution in [3.63, 3.8) is 0 Å². The highest BCUT2D eigenvalue weighted by atomic mass is 16.5. The first-order valence-corrected chi connectivity index (χ1v) is 9.42. The number of nitrogens with zero attached hydrogens (tertiary/aromatic N) is 2. The second kappa shape index (κ2) is 8.19. The van der Waals surface area contributed by atoms with Gasteiger partial charge in [-0.1, -0.05) is 12.2 Å². The van der Waals surface area contributed by atoms with Crippen molar-refractivity contribution in [2.75, 3.05) is 33.3 Å². The van der Waals surface area contributed by atoms with Gasteiger partial charge in [-0.15, -0.1) is 0 Å². The number of ether oxygens (including phenoxy) is 1. The smallest absolute Gasteiger partial charge is 0.226 e. The lowest BCUT2D eigenvalue weighted by atomic mass is 9.92. The highest BCUT2D eigenvalue weighted by Crippen LogP contribution is 2.23. The van der Waals surface area contributed by atoms with Crippen LogP contribution in [0.5, 0.6) is 0 Å². The Labute approximate surface area is 151 Å². The van der Waals surface area contributed by atoms with Crippen molar-refractivity contribution in [2.45, 2.75) is 45.8 Å². The summed E-state index contributed by atoms with van der Waals surface area (Å²) in [4.78, 5) is 20.9. The van der Waals surface area contributed by atoms with Crippen LogP contribution in [0.15, 0.2) is 18.2 Å². The molecule has 0 radical (unpaired) electrons. The second-order valence-electron chi connectivity index (χ2n) is 7.56. The molecule has 0 saturated carbocycles. The number of likely N-dealkylation sites (N-methyl/N-ethyl adjacent to an activating group) is 1. The van der Waals surface area contributed by atoms with Crippen LogP contribution in [0, 0.1) is 19.8 Å². The molecule has 1 aromatic heterocycles. The summed E-state index contributed by atoms with van der Waals surface area (Å²) in [6.07, 6.45) is 7.28. The standard InChI is InChI=1S/C20H31N3O2/c1-15-11-18(16(2)21-15)12-23(14-19-13-22(3)9-10-25-19)20(24)17-7-5-4-6-8-17/h4-5,11,17,19,21H,6-10,12-14H2,1-3H3/t17-,19+/m1/s1. The minimum absolute atomic E-state index is 0.0992. The Balaban J connectivity index is 1.73. The van der Waals surface area contributed by atoms with Crippen molar-refractivity contribution in [3.05, 3.63) is 35.2 Å². The monoisotopic (exact) mass is 345 g/mol. The number of allylic oxidation sites excluding steroid dienone is 2. The lowest BCUT2D eigenvalue weighted by molar-refractivity contribution is -0.139. The van der Waals surface area contributed by atoms with Gasteiger partial charge in [0, 0.05) is 43.5 Å². The van der Waals surface area contributed by atoms with Gasteiger partial charge >= 0.3 is 0 Å². The molecule has 0 unspecified atom stereocenters. The van der Waals surface area contributed by atoms with Crippen LogP contribution in [0.4, 0.5) is 0 Å². The van der Waals surface area contributed by atoms with Gasteiger partial charge in [0.05, 0.1) is 12.7 Å². The maximum atomic E-state index is 13.2. The highest BCUT2D eigenvalue weighted by Gasteiger charge is 2.29. The van der Waals surface area contributed by atoms with Crippen LogP contribution in [0.3, 0.4) is 0 Å². The van der Waals surface area contributed by atoms with E-state index in [0.29, 0.717) is 13.1 Å². The summed E-state index contributed by atoms with van der Waals surface area (Å²) in [7, 11) is 2.12. The SMILES string of the molecule is Cc1cc(CN(C[C@@H]2CN(C)CCO2)C(=O)[C@@H]2CC=CCC2)c(C)[nH]1. The predicted molar refractivity (Wildman–Crippen MR) is 99.4 cm³/mol. The fourth-order valence-electron chi connectivity index (χ4n) is 3.88. The molecule has 1 fully saturated rings. The first kappa shape index (κ1) is 18.2. The number of rotatable bonds is 5. The van der Waals surface area contributed by atoms with Crippen LogP contribution in [0.25, 0.3) is 0 Å². The zero-order chi connectivity index (χ0) is 17.8. The number of nitrogens with one attached hydrogen (secondary N) is 1. The van der Waals surface area contributed by atoms with Gasteiger partial charge in [0.15, 0.2) is 0 Å². The van der Waals surface area contributed by atoms with E-state index in [2.05, 4.69) is 49.0 Å². The Kier molecular flexibility index (Phi) is 5.97. The van der Waals surface area contributed by atoms with E-state index < -0.39 is 0 Å². The first-order chi connectivity index (χ1) is 12.0. The number of aromatic nitrogens is 1. The van der Waals surface area contributed by atoms with Gasteiger partial charge in [-0.2, -0.15) is 0 Å². The molecule has 1 aliphatic heterocycles. The molecule has 2 atom stereocenters. The maximum absolute atomic E-state index is 13.2. The fraction of sp³-hybridized carbons (Fsp3) is 0.650. The van der Waals surface area contributed by atoms with Gasteiger partial charge in [-0.3, -0.25) is 4.79 Å². The molecule has 25 heavy (non-hydrogen) atoms.